The van der Waals surface area contributed by atoms with E-state index in [-0.39, 0.29) is 5.91 Å². The average molecular weight is 384 g/mol. The number of aliphatic carboxylic acids is 1. The van der Waals surface area contributed by atoms with Crippen molar-refractivity contribution in [2.45, 2.75) is 20.3 Å². The molecule has 0 bridgehead atoms. The van der Waals surface area contributed by atoms with Crippen LogP contribution in [0.2, 0.25) is 0 Å². The Bertz CT molecular complexity index is 941. The van der Waals surface area contributed by atoms with Crippen LogP contribution in [0.25, 0.3) is 10.2 Å². The highest BCUT2D eigenvalue weighted by molar-refractivity contribution is 7.18. The third-order valence-corrected chi connectivity index (χ3v) is 5.12. The van der Waals surface area contributed by atoms with Crippen LogP contribution < -0.4 is 10.1 Å². The summed E-state index contributed by atoms with van der Waals surface area (Å²) in [7, 11) is 0. The van der Waals surface area contributed by atoms with Crippen LogP contribution in [0, 0.1) is 13.8 Å². The third kappa shape index (κ3) is 4.62. The largest absolute Gasteiger partial charge is 0.481 e. The van der Waals surface area contributed by atoms with E-state index >= 15 is 0 Å². The van der Waals surface area contributed by atoms with E-state index in [4.69, 9.17) is 9.84 Å². The second kappa shape index (κ2) is 8.18. The fourth-order valence-corrected chi connectivity index (χ4v) is 3.82. The SMILES string of the molecule is Cc1cc(C(=O)NCCc2nc3ccccc3s2)cc(C)c1OCC(=O)O. The maximum absolute atomic E-state index is 12.4. The number of amides is 1. The summed E-state index contributed by atoms with van der Waals surface area (Å²) in [6.45, 7) is 3.67. The second-order valence-electron chi connectivity index (χ2n) is 6.20. The Labute approximate surface area is 160 Å². The predicted molar refractivity (Wildman–Crippen MR) is 105 cm³/mol. The fraction of sp³-hybridized carbons (Fsp3) is 0.250. The molecule has 0 saturated heterocycles. The van der Waals surface area contributed by atoms with Crippen molar-refractivity contribution in [1.29, 1.82) is 0 Å². The number of nitrogens with zero attached hydrogens (tertiary/aromatic N) is 1. The molecule has 27 heavy (non-hydrogen) atoms. The van der Waals surface area contributed by atoms with Gasteiger partial charge < -0.3 is 15.2 Å². The summed E-state index contributed by atoms with van der Waals surface area (Å²) >= 11 is 1.63. The van der Waals surface area contributed by atoms with Gasteiger partial charge in [0.05, 0.1) is 15.2 Å². The lowest BCUT2D eigenvalue weighted by Crippen LogP contribution is -2.26. The van der Waals surface area contributed by atoms with E-state index in [1.165, 1.54) is 0 Å². The molecule has 0 saturated carbocycles. The lowest BCUT2D eigenvalue weighted by atomic mass is 10.1. The molecule has 7 heteroatoms. The van der Waals surface area contributed by atoms with Gasteiger partial charge in [-0.05, 0) is 49.2 Å². The number of fused-ring (bicyclic) bond motifs is 1. The minimum absolute atomic E-state index is 0.174. The van der Waals surface area contributed by atoms with Crippen LogP contribution in [0.1, 0.15) is 26.5 Å². The Morgan fingerprint density at radius 2 is 1.89 bits per heavy atom. The van der Waals surface area contributed by atoms with Gasteiger partial charge in [-0.3, -0.25) is 4.79 Å². The molecule has 0 aliphatic carbocycles. The van der Waals surface area contributed by atoms with Crippen molar-refractivity contribution in [1.82, 2.24) is 10.3 Å². The van der Waals surface area contributed by atoms with Gasteiger partial charge >= 0.3 is 5.97 Å². The standard InChI is InChI=1S/C20H20N2O4S/c1-12-9-14(10-13(2)19(12)26-11-18(23)24)20(25)21-8-7-17-22-15-5-3-4-6-16(15)27-17/h3-6,9-10H,7-8,11H2,1-2H3,(H,21,25)(H,23,24). The predicted octanol–water partition coefficient (Wildman–Crippen LogP) is 3.35. The molecule has 3 aromatic rings. The van der Waals surface area contributed by atoms with Crippen LogP contribution in [0.3, 0.4) is 0 Å². The Kier molecular flexibility index (Phi) is 5.71. The first-order valence-electron chi connectivity index (χ1n) is 8.52. The molecule has 0 unspecified atom stereocenters. The summed E-state index contributed by atoms with van der Waals surface area (Å²) < 4.78 is 6.43. The van der Waals surface area contributed by atoms with E-state index in [9.17, 15) is 9.59 Å². The lowest BCUT2D eigenvalue weighted by molar-refractivity contribution is -0.139. The van der Waals surface area contributed by atoms with Gasteiger partial charge in [0.1, 0.15) is 5.75 Å². The number of carboxylic acid groups (broad SMARTS) is 1. The molecular weight excluding hydrogens is 364 g/mol. The number of aromatic nitrogens is 1. The van der Waals surface area contributed by atoms with Gasteiger partial charge in [0, 0.05) is 18.5 Å². The lowest BCUT2D eigenvalue weighted by Gasteiger charge is -2.13. The molecule has 1 amide bonds. The molecule has 0 fully saturated rings. The van der Waals surface area contributed by atoms with Crippen molar-refractivity contribution >= 4 is 33.4 Å². The van der Waals surface area contributed by atoms with E-state index in [1.54, 1.807) is 37.3 Å². The zero-order valence-corrected chi connectivity index (χ0v) is 15.9. The molecule has 0 spiro atoms. The third-order valence-electron chi connectivity index (χ3n) is 4.03. The molecule has 0 aliphatic heterocycles. The van der Waals surface area contributed by atoms with Crippen LogP contribution in [0.5, 0.6) is 5.75 Å². The summed E-state index contributed by atoms with van der Waals surface area (Å²) in [5.74, 6) is -0.707. The van der Waals surface area contributed by atoms with Crippen molar-refractivity contribution in [3.63, 3.8) is 0 Å². The molecule has 2 aromatic carbocycles. The zero-order valence-electron chi connectivity index (χ0n) is 15.1. The number of benzene rings is 2. The van der Waals surface area contributed by atoms with E-state index in [1.807, 2.05) is 24.3 Å². The Morgan fingerprint density at radius 3 is 2.56 bits per heavy atom. The highest BCUT2D eigenvalue weighted by Gasteiger charge is 2.13. The van der Waals surface area contributed by atoms with Crippen LogP contribution in [-0.2, 0) is 11.2 Å². The molecule has 0 atom stereocenters. The number of ether oxygens (including phenoxy) is 1. The fourth-order valence-electron chi connectivity index (χ4n) is 2.85. The zero-order chi connectivity index (χ0) is 19.4. The van der Waals surface area contributed by atoms with E-state index in [0.29, 0.717) is 24.3 Å². The minimum Gasteiger partial charge on any atom is -0.481 e. The highest BCUT2D eigenvalue weighted by Crippen LogP contribution is 2.25. The molecule has 1 heterocycles. The van der Waals surface area contributed by atoms with Gasteiger partial charge in [-0.1, -0.05) is 12.1 Å². The van der Waals surface area contributed by atoms with E-state index < -0.39 is 12.6 Å². The van der Waals surface area contributed by atoms with Gasteiger partial charge in [-0.2, -0.15) is 0 Å². The molecular formula is C20H20N2O4S. The summed E-state index contributed by atoms with van der Waals surface area (Å²) in [4.78, 5) is 27.7. The topological polar surface area (TPSA) is 88.5 Å². The number of carbonyl (C=O) groups excluding carboxylic acids is 1. The smallest absolute Gasteiger partial charge is 0.341 e. The Hall–Kier alpha value is -2.93. The molecule has 0 radical (unpaired) electrons. The van der Waals surface area contributed by atoms with Crippen molar-refractivity contribution in [2.75, 3.05) is 13.2 Å². The van der Waals surface area contributed by atoms with Gasteiger partial charge in [0.25, 0.3) is 5.91 Å². The quantitative estimate of drug-likeness (QED) is 0.652. The first kappa shape index (κ1) is 18.8. The molecule has 3 rings (SSSR count). The highest BCUT2D eigenvalue weighted by atomic mass is 32.1. The first-order chi connectivity index (χ1) is 12.9. The number of carboxylic acids is 1. The number of para-hydroxylation sites is 1. The first-order valence-corrected chi connectivity index (χ1v) is 9.34. The monoisotopic (exact) mass is 384 g/mol. The van der Waals surface area contributed by atoms with Crippen molar-refractivity contribution in [3.8, 4) is 5.75 Å². The summed E-state index contributed by atoms with van der Waals surface area (Å²) in [6.07, 6.45) is 0.670. The molecule has 6 nitrogen and oxygen atoms in total. The van der Waals surface area contributed by atoms with Crippen LogP contribution >= 0.6 is 11.3 Å². The van der Waals surface area contributed by atoms with Gasteiger partial charge in [0.2, 0.25) is 0 Å². The number of aryl methyl sites for hydroxylation is 2. The van der Waals surface area contributed by atoms with Gasteiger partial charge in [0.15, 0.2) is 6.61 Å². The van der Waals surface area contributed by atoms with Crippen LogP contribution in [0.15, 0.2) is 36.4 Å². The average Bonchev–Trinajstić information content (AvgIpc) is 3.03. The molecule has 0 aliphatic rings. The second-order valence-corrected chi connectivity index (χ2v) is 7.32. The maximum Gasteiger partial charge on any atom is 0.341 e. The number of carbonyl (C=O) groups is 2. The Balaban J connectivity index is 1.61. The van der Waals surface area contributed by atoms with Crippen LogP contribution in [0.4, 0.5) is 0 Å². The summed E-state index contributed by atoms with van der Waals surface area (Å²) in [5, 5.41) is 12.6. The van der Waals surface area contributed by atoms with E-state index in [2.05, 4.69) is 10.3 Å². The maximum atomic E-state index is 12.4. The minimum atomic E-state index is -1.04. The van der Waals surface area contributed by atoms with Crippen molar-refractivity contribution < 1.29 is 19.4 Å². The van der Waals surface area contributed by atoms with Crippen molar-refractivity contribution in [3.05, 3.63) is 58.1 Å². The molecule has 1 aromatic heterocycles. The number of thiazole rings is 1. The number of hydrogen-bond donors (Lipinski definition) is 2. The summed E-state index contributed by atoms with van der Waals surface area (Å²) in [6, 6.07) is 11.4. The molecule has 140 valence electrons. The Morgan fingerprint density at radius 1 is 1.19 bits per heavy atom. The van der Waals surface area contributed by atoms with Gasteiger partial charge in [-0.15, -0.1) is 11.3 Å². The normalized spacial score (nSPS) is 10.7. The van der Waals surface area contributed by atoms with Gasteiger partial charge in [-0.25, -0.2) is 9.78 Å². The van der Waals surface area contributed by atoms with Crippen LogP contribution in [-0.4, -0.2) is 35.1 Å². The van der Waals surface area contributed by atoms with Crippen molar-refractivity contribution in [2.24, 2.45) is 0 Å². The molecule has 2 N–H and O–H groups in total. The number of nitrogens with one attached hydrogen (secondary N) is 1. The number of rotatable bonds is 7. The number of hydrogen-bond acceptors (Lipinski definition) is 5. The summed E-state index contributed by atoms with van der Waals surface area (Å²) in [5.41, 5.74) is 2.96. The van der Waals surface area contributed by atoms with E-state index in [0.717, 1.165) is 26.4 Å².